The molecule has 1 saturated heterocycles. The second-order valence-corrected chi connectivity index (χ2v) is 10.5. The average molecular weight is 506 g/mol. The van der Waals surface area contributed by atoms with Gasteiger partial charge in [0.1, 0.15) is 11.8 Å². The maximum atomic E-state index is 13.0. The molecule has 1 fully saturated rings. The van der Waals surface area contributed by atoms with Crippen LogP contribution in [0.25, 0.3) is 0 Å². The Morgan fingerprint density at radius 1 is 1.16 bits per heavy atom. The molecule has 0 radical (unpaired) electrons. The molecule has 0 saturated carbocycles. The van der Waals surface area contributed by atoms with Crippen molar-refractivity contribution in [1.29, 1.82) is 0 Å². The lowest BCUT2D eigenvalue weighted by Gasteiger charge is -2.37. The smallest absolute Gasteiger partial charge is 0.256 e. The van der Waals surface area contributed by atoms with E-state index in [-0.39, 0.29) is 29.7 Å². The lowest BCUT2D eigenvalue weighted by atomic mass is 9.96. The number of carbonyl (C=O) groups is 3. The molecule has 31 heavy (non-hydrogen) atoms. The summed E-state index contributed by atoms with van der Waals surface area (Å²) in [5, 5.41) is 5.50. The van der Waals surface area contributed by atoms with Gasteiger partial charge in [0.05, 0.1) is 16.1 Å². The number of nitrogens with one attached hydrogen (secondary N) is 2. The molecule has 8 nitrogen and oxygen atoms in total. The van der Waals surface area contributed by atoms with Crippen molar-refractivity contribution in [1.82, 2.24) is 10.2 Å². The average Bonchev–Trinajstić information content (AvgIpc) is 2.83. The summed E-state index contributed by atoms with van der Waals surface area (Å²) in [6.45, 7) is 0.277. The topological polar surface area (TPSA) is 113 Å². The van der Waals surface area contributed by atoms with Gasteiger partial charge in [-0.05, 0) is 43.2 Å². The second-order valence-electron chi connectivity index (χ2n) is 7.55. The number of benzene rings is 2. The highest BCUT2D eigenvalue weighted by Gasteiger charge is 2.40. The molecule has 2 aliphatic heterocycles. The first kappa shape index (κ1) is 21.5. The predicted molar refractivity (Wildman–Crippen MR) is 117 cm³/mol. The normalized spacial score (nSPS) is 20.9. The molecule has 2 unspecified atom stereocenters. The van der Waals surface area contributed by atoms with Crippen LogP contribution >= 0.6 is 15.9 Å². The monoisotopic (exact) mass is 505 g/mol. The standard InChI is InChI=1S/C21H20BrN3O5S/c22-13-6-7-17-16(10-13)21(28)25-9-8-14(11-18(25)20(27)24-17)23-19(26)12-31(29,30)15-4-2-1-3-5-15/h1-7,10,14,18H,8-9,11-12H2,(H,23,26)(H,24,27). The zero-order chi connectivity index (χ0) is 22.2. The lowest BCUT2D eigenvalue weighted by Crippen LogP contribution is -2.55. The van der Waals surface area contributed by atoms with Crippen LogP contribution in [-0.2, 0) is 19.4 Å². The number of piperidine rings is 1. The van der Waals surface area contributed by atoms with E-state index in [2.05, 4.69) is 26.6 Å². The summed E-state index contributed by atoms with van der Waals surface area (Å²) in [5.74, 6) is -1.89. The number of fused-ring (bicyclic) bond motifs is 2. The van der Waals surface area contributed by atoms with Crippen LogP contribution in [0.5, 0.6) is 0 Å². The van der Waals surface area contributed by atoms with E-state index in [0.29, 0.717) is 17.7 Å². The van der Waals surface area contributed by atoms with Gasteiger partial charge < -0.3 is 15.5 Å². The molecule has 2 N–H and O–H groups in total. The van der Waals surface area contributed by atoms with Crippen molar-refractivity contribution < 1.29 is 22.8 Å². The Labute approximate surface area is 188 Å². The highest BCUT2D eigenvalue weighted by atomic mass is 79.9. The molecule has 0 aliphatic carbocycles. The number of amides is 3. The number of hydrogen-bond acceptors (Lipinski definition) is 5. The van der Waals surface area contributed by atoms with Crippen molar-refractivity contribution >= 4 is 49.2 Å². The second kappa shape index (κ2) is 8.43. The maximum Gasteiger partial charge on any atom is 0.256 e. The van der Waals surface area contributed by atoms with Crippen molar-refractivity contribution in [3.8, 4) is 0 Å². The number of carbonyl (C=O) groups excluding carboxylic acids is 3. The van der Waals surface area contributed by atoms with Gasteiger partial charge in [-0.1, -0.05) is 34.1 Å². The van der Waals surface area contributed by atoms with Crippen LogP contribution < -0.4 is 10.6 Å². The zero-order valence-electron chi connectivity index (χ0n) is 16.4. The summed E-state index contributed by atoms with van der Waals surface area (Å²) >= 11 is 3.34. The number of hydrogen-bond donors (Lipinski definition) is 2. The fraction of sp³-hybridized carbons (Fsp3) is 0.286. The quantitative estimate of drug-likeness (QED) is 0.659. The van der Waals surface area contributed by atoms with Gasteiger partial charge in [-0.3, -0.25) is 14.4 Å². The van der Waals surface area contributed by atoms with Gasteiger partial charge in [-0.15, -0.1) is 0 Å². The van der Waals surface area contributed by atoms with Gasteiger partial charge >= 0.3 is 0 Å². The summed E-state index contributed by atoms with van der Waals surface area (Å²) in [6, 6.07) is 11.7. The fourth-order valence-electron chi connectivity index (χ4n) is 3.91. The van der Waals surface area contributed by atoms with Crippen LogP contribution in [0.1, 0.15) is 23.2 Å². The molecular weight excluding hydrogens is 486 g/mol. The number of anilines is 1. The van der Waals surface area contributed by atoms with Crippen molar-refractivity contribution in [3.63, 3.8) is 0 Å². The number of sulfone groups is 1. The van der Waals surface area contributed by atoms with E-state index in [0.717, 1.165) is 4.47 Å². The molecule has 2 aliphatic rings. The van der Waals surface area contributed by atoms with E-state index >= 15 is 0 Å². The Balaban J connectivity index is 1.45. The van der Waals surface area contributed by atoms with Crippen LogP contribution in [0.2, 0.25) is 0 Å². The fourth-order valence-corrected chi connectivity index (χ4v) is 5.44. The van der Waals surface area contributed by atoms with Crippen LogP contribution in [-0.4, -0.2) is 55.4 Å². The molecule has 3 amide bonds. The highest BCUT2D eigenvalue weighted by Crippen LogP contribution is 2.30. The summed E-state index contributed by atoms with van der Waals surface area (Å²) in [6.07, 6.45) is 0.639. The minimum Gasteiger partial charge on any atom is -0.352 e. The van der Waals surface area contributed by atoms with E-state index in [4.69, 9.17) is 0 Å². The molecule has 10 heteroatoms. The van der Waals surface area contributed by atoms with Crippen LogP contribution in [0, 0.1) is 0 Å². The molecule has 162 valence electrons. The van der Waals surface area contributed by atoms with E-state index < -0.39 is 33.6 Å². The number of halogens is 1. The third-order valence-corrected chi connectivity index (χ3v) is 7.55. The van der Waals surface area contributed by atoms with Crippen molar-refractivity contribution in [2.75, 3.05) is 17.6 Å². The zero-order valence-corrected chi connectivity index (χ0v) is 18.8. The van der Waals surface area contributed by atoms with Crippen LogP contribution in [0.4, 0.5) is 5.69 Å². The Kier molecular flexibility index (Phi) is 5.85. The molecule has 2 aromatic carbocycles. The molecule has 2 atom stereocenters. The predicted octanol–water partition coefficient (Wildman–Crippen LogP) is 1.96. The summed E-state index contributed by atoms with van der Waals surface area (Å²) in [4.78, 5) is 39.8. The third kappa shape index (κ3) is 4.49. The number of nitrogens with zero attached hydrogens (tertiary/aromatic N) is 1. The molecular formula is C21H20BrN3O5S. The van der Waals surface area contributed by atoms with Gasteiger partial charge in [0, 0.05) is 17.1 Å². The van der Waals surface area contributed by atoms with Gasteiger partial charge in [0.25, 0.3) is 5.91 Å². The Morgan fingerprint density at radius 3 is 2.65 bits per heavy atom. The van der Waals surface area contributed by atoms with E-state index in [9.17, 15) is 22.8 Å². The minimum absolute atomic E-state index is 0.0811. The van der Waals surface area contributed by atoms with Gasteiger partial charge in [0.15, 0.2) is 9.84 Å². The van der Waals surface area contributed by atoms with Crippen molar-refractivity contribution in [3.05, 3.63) is 58.6 Å². The Hall–Kier alpha value is -2.72. The Morgan fingerprint density at radius 2 is 1.90 bits per heavy atom. The molecule has 0 spiro atoms. The van der Waals surface area contributed by atoms with E-state index in [1.165, 1.54) is 17.0 Å². The first-order valence-electron chi connectivity index (χ1n) is 9.73. The van der Waals surface area contributed by atoms with Crippen LogP contribution in [0.3, 0.4) is 0 Å². The summed E-state index contributed by atoms with van der Waals surface area (Å²) < 4.78 is 25.6. The SMILES string of the molecule is O=C(CS(=O)(=O)c1ccccc1)NC1CCN2C(=O)c3cc(Br)ccc3NC(=O)C2C1. The lowest BCUT2D eigenvalue weighted by molar-refractivity contribution is -0.124. The largest absolute Gasteiger partial charge is 0.352 e. The summed E-state index contributed by atoms with van der Waals surface area (Å²) in [5.41, 5.74) is 0.851. The van der Waals surface area contributed by atoms with Crippen molar-refractivity contribution in [2.45, 2.75) is 29.8 Å². The van der Waals surface area contributed by atoms with E-state index in [1.807, 2.05) is 0 Å². The van der Waals surface area contributed by atoms with E-state index in [1.54, 1.807) is 36.4 Å². The number of rotatable bonds is 4. The third-order valence-electron chi connectivity index (χ3n) is 5.42. The van der Waals surface area contributed by atoms with Gasteiger partial charge in [-0.25, -0.2) is 8.42 Å². The first-order valence-corrected chi connectivity index (χ1v) is 12.2. The maximum absolute atomic E-state index is 13.0. The molecule has 0 aromatic heterocycles. The molecule has 2 heterocycles. The molecule has 4 rings (SSSR count). The van der Waals surface area contributed by atoms with Gasteiger partial charge in [-0.2, -0.15) is 0 Å². The molecule has 0 bridgehead atoms. The first-order chi connectivity index (χ1) is 14.7. The minimum atomic E-state index is -3.76. The summed E-state index contributed by atoms with van der Waals surface area (Å²) in [7, 11) is -3.76. The molecule has 2 aromatic rings. The van der Waals surface area contributed by atoms with Gasteiger partial charge in [0.2, 0.25) is 11.8 Å². The van der Waals surface area contributed by atoms with Crippen molar-refractivity contribution in [2.24, 2.45) is 0 Å². The highest BCUT2D eigenvalue weighted by molar-refractivity contribution is 9.10. The van der Waals surface area contributed by atoms with Crippen LogP contribution in [0.15, 0.2) is 57.9 Å². The Bertz CT molecular complexity index is 1150.